The Morgan fingerprint density at radius 1 is 1.42 bits per heavy atom. The second-order valence-electron chi connectivity index (χ2n) is 4.45. The van der Waals surface area contributed by atoms with E-state index in [2.05, 4.69) is 15.5 Å². The number of benzene rings is 1. The fourth-order valence-corrected chi connectivity index (χ4v) is 1.47. The van der Waals surface area contributed by atoms with Crippen LogP contribution in [0.5, 0.6) is 0 Å². The quantitative estimate of drug-likeness (QED) is 0.773. The van der Waals surface area contributed by atoms with Crippen molar-refractivity contribution in [1.29, 1.82) is 0 Å². The van der Waals surface area contributed by atoms with Crippen molar-refractivity contribution >= 4 is 12.1 Å². The van der Waals surface area contributed by atoms with Crippen molar-refractivity contribution in [2.45, 2.75) is 6.42 Å². The van der Waals surface area contributed by atoms with Crippen molar-refractivity contribution in [2.24, 2.45) is 0 Å². The van der Waals surface area contributed by atoms with E-state index in [1.54, 1.807) is 18.2 Å². The summed E-state index contributed by atoms with van der Waals surface area (Å²) >= 11 is 0. The van der Waals surface area contributed by atoms with Crippen molar-refractivity contribution in [3.8, 4) is 0 Å². The number of hydrogen-bond donors (Lipinski definition) is 2. The van der Waals surface area contributed by atoms with E-state index in [4.69, 9.17) is 0 Å². The number of amides is 2. The number of halogens is 1. The van der Waals surface area contributed by atoms with Gasteiger partial charge in [-0.25, -0.2) is 9.18 Å². The van der Waals surface area contributed by atoms with E-state index in [1.807, 2.05) is 14.1 Å². The van der Waals surface area contributed by atoms with Crippen LogP contribution in [0, 0.1) is 5.82 Å². The molecule has 0 aliphatic rings. The third kappa shape index (κ3) is 7.21. The van der Waals surface area contributed by atoms with E-state index in [0.717, 1.165) is 13.0 Å². The molecular weight excluding hydrogens is 245 g/mol. The lowest BCUT2D eigenvalue weighted by molar-refractivity contribution is 0.243. The third-order valence-electron chi connectivity index (χ3n) is 2.41. The highest BCUT2D eigenvalue weighted by Gasteiger charge is 1.96. The Kier molecular flexibility index (Phi) is 6.60. The maximum Gasteiger partial charge on any atom is 0.318 e. The summed E-state index contributed by atoms with van der Waals surface area (Å²) in [6.45, 7) is 1.55. The van der Waals surface area contributed by atoms with Crippen molar-refractivity contribution in [1.82, 2.24) is 15.5 Å². The van der Waals surface area contributed by atoms with Crippen molar-refractivity contribution in [2.75, 3.05) is 27.2 Å². The fourth-order valence-electron chi connectivity index (χ4n) is 1.47. The molecular formula is C14H20FN3O. The maximum absolute atomic E-state index is 12.9. The fraction of sp³-hybridized carbons (Fsp3) is 0.357. The summed E-state index contributed by atoms with van der Waals surface area (Å²) in [6, 6.07) is 5.90. The highest BCUT2D eigenvalue weighted by atomic mass is 19.1. The molecule has 0 saturated carbocycles. The zero-order chi connectivity index (χ0) is 14.1. The van der Waals surface area contributed by atoms with Gasteiger partial charge in [-0.05, 0) is 50.8 Å². The molecule has 1 rings (SSSR count). The molecule has 0 aromatic heterocycles. The van der Waals surface area contributed by atoms with Crippen LogP contribution in [0.15, 0.2) is 30.5 Å². The molecule has 0 radical (unpaired) electrons. The molecule has 1 aromatic carbocycles. The lowest BCUT2D eigenvalue weighted by atomic mass is 10.2. The van der Waals surface area contributed by atoms with Crippen LogP contribution < -0.4 is 10.6 Å². The molecule has 0 atom stereocenters. The van der Waals surface area contributed by atoms with Crippen LogP contribution in [-0.2, 0) is 0 Å². The first kappa shape index (κ1) is 15.2. The first-order valence-electron chi connectivity index (χ1n) is 6.19. The topological polar surface area (TPSA) is 44.4 Å². The Morgan fingerprint density at radius 2 is 2.21 bits per heavy atom. The van der Waals surface area contributed by atoms with Crippen LogP contribution in [-0.4, -0.2) is 38.1 Å². The molecule has 0 saturated heterocycles. The van der Waals surface area contributed by atoms with E-state index < -0.39 is 0 Å². The summed E-state index contributed by atoms with van der Waals surface area (Å²) in [5.74, 6) is -0.296. The van der Waals surface area contributed by atoms with Crippen molar-refractivity contribution < 1.29 is 9.18 Å². The van der Waals surface area contributed by atoms with Gasteiger partial charge in [0, 0.05) is 12.7 Å². The minimum atomic E-state index is -0.296. The minimum Gasteiger partial charge on any atom is -0.338 e. The first-order valence-corrected chi connectivity index (χ1v) is 6.19. The molecule has 19 heavy (non-hydrogen) atoms. The summed E-state index contributed by atoms with van der Waals surface area (Å²) < 4.78 is 12.9. The molecule has 2 amide bonds. The Labute approximate surface area is 113 Å². The minimum absolute atomic E-state index is 0.258. The predicted octanol–water partition coefficient (Wildman–Crippen LogP) is 2.05. The molecule has 0 unspecified atom stereocenters. The summed E-state index contributed by atoms with van der Waals surface area (Å²) in [5.41, 5.74) is 0.702. The third-order valence-corrected chi connectivity index (χ3v) is 2.41. The molecule has 0 heterocycles. The van der Waals surface area contributed by atoms with Crippen LogP contribution in [0.1, 0.15) is 12.0 Å². The lowest BCUT2D eigenvalue weighted by Crippen LogP contribution is -2.33. The molecule has 0 fully saturated rings. The van der Waals surface area contributed by atoms with Crippen LogP contribution in [0.2, 0.25) is 0 Å². The standard InChI is InChI=1S/C14H20FN3O/c1-18(2)10-4-8-16-14(19)17-9-7-12-5-3-6-13(15)11-12/h3,5-7,9,11H,4,8,10H2,1-2H3,(H2,16,17,19)/b9-7+. The summed E-state index contributed by atoms with van der Waals surface area (Å²) in [7, 11) is 3.98. The summed E-state index contributed by atoms with van der Waals surface area (Å²) in [4.78, 5) is 13.4. The first-order chi connectivity index (χ1) is 9.08. The monoisotopic (exact) mass is 265 g/mol. The SMILES string of the molecule is CN(C)CCCNC(=O)N/C=C/c1cccc(F)c1. The Hall–Kier alpha value is -1.88. The van der Waals surface area contributed by atoms with Crippen molar-refractivity contribution in [3.05, 3.63) is 41.8 Å². The molecule has 1 aromatic rings. The smallest absolute Gasteiger partial charge is 0.318 e. The second-order valence-corrected chi connectivity index (χ2v) is 4.45. The Morgan fingerprint density at radius 3 is 2.89 bits per heavy atom. The van der Waals surface area contributed by atoms with Gasteiger partial charge < -0.3 is 15.5 Å². The Balaban J connectivity index is 2.23. The van der Waals surface area contributed by atoms with E-state index in [1.165, 1.54) is 18.3 Å². The second kappa shape index (κ2) is 8.26. The number of nitrogens with zero attached hydrogens (tertiary/aromatic N) is 1. The zero-order valence-corrected chi connectivity index (χ0v) is 11.3. The summed E-state index contributed by atoms with van der Waals surface area (Å²) in [6.07, 6.45) is 4.03. The Bertz CT molecular complexity index is 432. The van der Waals surface area contributed by atoms with Gasteiger partial charge in [-0.2, -0.15) is 0 Å². The van der Waals surface area contributed by atoms with Gasteiger partial charge in [-0.1, -0.05) is 12.1 Å². The van der Waals surface area contributed by atoms with Crippen LogP contribution in [0.3, 0.4) is 0 Å². The van der Waals surface area contributed by atoms with Gasteiger partial charge in [-0.3, -0.25) is 0 Å². The molecule has 104 valence electrons. The van der Waals surface area contributed by atoms with Gasteiger partial charge in [0.05, 0.1) is 0 Å². The van der Waals surface area contributed by atoms with E-state index in [9.17, 15) is 9.18 Å². The average molecular weight is 265 g/mol. The van der Waals surface area contributed by atoms with Crippen LogP contribution in [0.4, 0.5) is 9.18 Å². The number of hydrogen-bond acceptors (Lipinski definition) is 2. The molecule has 4 nitrogen and oxygen atoms in total. The number of urea groups is 1. The van der Waals surface area contributed by atoms with Crippen LogP contribution in [0.25, 0.3) is 6.08 Å². The van der Waals surface area contributed by atoms with Gasteiger partial charge in [-0.15, -0.1) is 0 Å². The number of carbonyl (C=O) groups is 1. The highest BCUT2D eigenvalue weighted by molar-refractivity contribution is 5.75. The predicted molar refractivity (Wildman–Crippen MR) is 75.1 cm³/mol. The zero-order valence-electron chi connectivity index (χ0n) is 11.3. The van der Waals surface area contributed by atoms with Gasteiger partial charge in [0.2, 0.25) is 0 Å². The van der Waals surface area contributed by atoms with E-state index in [0.29, 0.717) is 12.1 Å². The number of carbonyl (C=O) groups excluding carboxylic acids is 1. The largest absolute Gasteiger partial charge is 0.338 e. The molecule has 0 aliphatic heterocycles. The lowest BCUT2D eigenvalue weighted by Gasteiger charge is -2.09. The maximum atomic E-state index is 12.9. The number of rotatable bonds is 6. The van der Waals surface area contributed by atoms with Crippen LogP contribution >= 0.6 is 0 Å². The molecule has 0 aliphatic carbocycles. The number of nitrogens with one attached hydrogen (secondary N) is 2. The average Bonchev–Trinajstić information content (AvgIpc) is 2.34. The van der Waals surface area contributed by atoms with Gasteiger partial charge >= 0.3 is 6.03 Å². The molecule has 2 N–H and O–H groups in total. The molecule has 0 bridgehead atoms. The van der Waals surface area contributed by atoms with Gasteiger partial charge in [0.15, 0.2) is 0 Å². The molecule has 0 spiro atoms. The van der Waals surface area contributed by atoms with Gasteiger partial charge in [0.1, 0.15) is 5.82 Å². The van der Waals surface area contributed by atoms with Crippen molar-refractivity contribution in [3.63, 3.8) is 0 Å². The van der Waals surface area contributed by atoms with E-state index >= 15 is 0 Å². The van der Waals surface area contributed by atoms with Gasteiger partial charge in [0.25, 0.3) is 0 Å². The normalized spacial score (nSPS) is 10.9. The summed E-state index contributed by atoms with van der Waals surface area (Å²) in [5, 5.41) is 5.31. The molecule has 5 heteroatoms. The highest BCUT2D eigenvalue weighted by Crippen LogP contribution is 2.04. The van der Waals surface area contributed by atoms with E-state index in [-0.39, 0.29) is 11.8 Å².